The second-order valence-electron chi connectivity index (χ2n) is 8.47. The van der Waals surface area contributed by atoms with Gasteiger partial charge in [-0.3, -0.25) is 9.59 Å². The van der Waals surface area contributed by atoms with Crippen LogP contribution in [0.1, 0.15) is 73.6 Å². The first kappa shape index (κ1) is 25.7. The van der Waals surface area contributed by atoms with Crippen molar-refractivity contribution in [2.75, 3.05) is 6.54 Å². The van der Waals surface area contributed by atoms with Crippen LogP contribution in [0.25, 0.3) is 0 Å². The minimum absolute atomic E-state index is 0.0733. The average molecular weight is 402 g/mol. The third kappa shape index (κ3) is 14.8. The van der Waals surface area contributed by atoms with Crippen LogP contribution in [-0.4, -0.2) is 52.8 Å². The molecule has 0 aliphatic heterocycles. The smallest absolute Gasteiger partial charge is 0.408 e. The lowest BCUT2D eigenvalue weighted by Gasteiger charge is -2.26. The molecule has 0 aliphatic rings. The van der Waals surface area contributed by atoms with E-state index in [1.807, 2.05) is 0 Å². The number of nitrogens with one attached hydrogen (secondary N) is 2. The molecule has 0 heterocycles. The number of carbonyl (C=O) groups is 4. The highest BCUT2D eigenvalue weighted by atomic mass is 16.6. The summed E-state index contributed by atoms with van der Waals surface area (Å²) in [5.41, 5.74) is -1.38. The monoisotopic (exact) mass is 402 g/mol. The Bertz CT molecular complexity index is 547. The number of esters is 1. The van der Waals surface area contributed by atoms with Gasteiger partial charge in [0.2, 0.25) is 5.91 Å². The van der Waals surface area contributed by atoms with Gasteiger partial charge in [0.1, 0.15) is 17.2 Å². The molecular formula is C19H34N2O7. The van der Waals surface area contributed by atoms with Crippen molar-refractivity contribution in [3.05, 3.63) is 0 Å². The first-order valence-electron chi connectivity index (χ1n) is 9.40. The Morgan fingerprint density at radius 1 is 0.893 bits per heavy atom. The highest BCUT2D eigenvalue weighted by Gasteiger charge is 2.28. The highest BCUT2D eigenvalue weighted by molar-refractivity contribution is 5.82. The Morgan fingerprint density at radius 3 is 1.96 bits per heavy atom. The van der Waals surface area contributed by atoms with Gasteiger partial charge in [-0.05, 0) is 60.8 Å². The molecule has 28 heavy (non-hydrogen) atoms. The fraction of sp³-hybridized carbons (Fsp3) is 0.789. The van der Waals surface area contributed by atoms with Crippen LogP contribution in [0.5, 0.6) is 0 Å². The maximum absolute atomic E-state index is 12.4. The highest BCUT2D eigenvalue weighted by Crippen LogP contribution is 2.13. The largest absolute Gasteiger partial charge is 0.481 e. The van der Waals surface area contributed by atoms with Crippen LogP contribution in [0.2, 0.25) is 0 Å². The maximum atomic E-state index is 12.4. The molecule has 3 N–H and O–H groups in total. The zero-order valence-electron chi connectivity index (χ0n) is 17.7. The molecule has 9 nitrogen and oxygen atoms in total. The van der Waals surface area contributed by atoms with Crippen LogP contribution in [0.4, 0.5) is 4.79 Å². The number of rotatable bonds is 10. The number of aliphatic carboxylic acids is 1. The topological polar surface area (TPSA) is 131 Å². The minimum Gasteiger partial charge on any atom is -0.481 e. The number of amides is 2. The van der Waals surface area contributed by atoms with E-state index in [0.29, 0.717) is 25.8 Å². The first-order chi connectivity index (χ1) is 12.7. The summed E-state index contributed by atoms with van der Waals surface area (Å²) in [6, 6.07) is -0.864. The van der Waals surface area contributed by atoms with Gasteiger partial charge in [0, 0.05) is 13.0 Å². The van der Waals surface area contributed by atoms with Crippen molar-refractivity contribution in [1.82, 2.24) is 10.6 Å². The summed E-state index contributed by atoms with van der Waals surface area (Å²) in [6.45, 7) is 10.7. The summed E-state index contributed by atoms with van der Waals surface area (Å²) in [7, 11) is 0. The van der Waals surface area contributed by atoms with E-state index >= 15 is 0 Å². The van der Waals surface area contributed by atoms with Crippen molar-refractivity contribution < 1.29 is 33.8 Å². The predicted molar refractivity (Wildman–Crippen MR) is 103 cm³/mol. The van der Waals surface area contributed by atoms with Gasteiger partial charge < -0.3 is 25.2 Å². The molecule has 1 unspecified atom stereocenters. The van der Waals surface area contributed by atoms with E-state index in [1.165, 1.54) is 0 Å². The molecule has 162 valence electrons. The number of carbonyl (C=O) groups excluding carboxylic acids is 3. The maximum Gasteiger partial charge on any atom is 0.408 e. The van der Waals surface area contributed by atoms with E-state index in [0.717, 1.165) is 0 Å². The predicted octanol–water partition coefficient (Wildman–Crippen LogP) is 2.37. The van der Waals surface area contributed by atoms with Gasteiger partial charge in [0.05, 0.1) is 6.42 Å². The Kier molecular flexibility index (Phi) is 10.6. The Hall–Kier alpha value is -2.32. The van der Waals surface area contributed by atoms with E-state index in [-0.39, 0.29) is 18.7 Å². The fourth-order valence-electron chi connectivity index (χ4n) is 2.08. The summed E-state index contributed by atoms with van der Waals surface area (Å²) in [5.74, 6) is -1.91. The van der Waals surface area contributed by atoms with Gasteiger partial charge in [0.15, 0.2) is 0 Å². The van der Waals surface area contributed by atoms with Gasteiger partial charge in [-0.1, -0.05) is 0 Å². The van der Waals surface area contributed by atoms with Crippen molar-refractivity contribution in [2.24, 2.45) is 0 Å². The van der Waals surface area contributed by atoms with Gasteiger partial charge in [0.25, 0.3) is 0 Å². The van der Waals surface area contributed by atoms with Crippen molar-refractivity contribution in [3.8, 4) is 0 Å². The number of hydrogen-bond donors (Lipinski definition) is 3. The molecule has 1 atom stereocenters. The lowest BCUT2D eigenvalue weighted by atomic mass is 10.1. The number of ether oxygens (including phenoxy) is 2. The number of carboxylic acids is 1. The lowest BCUT2D eigenvalue weighted by molar-refractivity contribution is -0.157. The van der Waals surface area contributed by atoms with Gasteiger partial charge >= 0.3 is 18.0 Å². The zero-order valence-corrected chi connectivity index (χ0v) is 17.7. The molecule has 0 aromatic heterocycles. The van der Waals surface area contributed by atoms with Crippen molar-refractivity contribution in [2.45, 2.75) is 90.9 Å². The van der Waals surface area contributed by atoms with Crippen LogP contribution >= 0.6 is 0 Å². The number of alkyl carbamates (subject to hydrolysis) is 1. The zero-order chi connectivity index (χ0) is 22.0. The van der Waals surface area contributed by atoms with Crippen LogP contribution < -0.4 is 10.6 Å². The minimum atomic E-state index is -1.02. The second-order valence-corrected chi connectivity index (χ2v) is 8.47. The molecule has 0 saturated carbocycles. The van der Waals surface area contributed by atoms with E-state index in [9.17, 15) is 19.2 Å². The normalized spacial score (nSPS) is 12.6. The van der Waals surface area contributed by atoms with Gasteiger partial charge in [-0.15, -0.1) is 0 Å². The Morgan fingerprint density at radius 2 is 1.46 bits per heavy atom. The molecule has 9 heteroatoms. The Balaban J connectivity index is 4.52. The summed E-state index contributed by atoms with van der Waals surface area (Å²) < 4.78 is 10.5. The van der Waals surface area contributed by atoms with Crippen molar-refractivity contribution in [1.29, 1.82) is 0 Å². The molecular weight excluding hydrogens is 368 g/mol. The second kappa shape index (κ2) is 11.5. The van der Waals surface area contributed by atoms with E-state index < -0.39 is 35.3 Å². The van der Waals surface area contributed by atoms with Crippen LogP contribution in [0.3, 0.4) is 0 Å². The van der Waals surface area contributed by atoms with Crippen LogP contribution in [0, 0.1) is 0 Å². The molecule has 0 aliphatic carbocycles. The molecule has 0 aromatic rings. The van der Waals surface area contributed by atoms with Crippen molar-refractivity contribution >= 4 is 23.9 Å². The molecule has 0 saturated heterocycles. The number of unbranched alkanes of at least 4 members (excludes halogenated alkanes) is 1. The summed E-state index contributed by atoms with van der Waals surface area (Å²) in [4.78, 5) is 46.3. The van der Waals surface area contributed by atoms with E-state index in [4.69, 9.17) is 14.6 Å². The van der Waals surface area contributed by atoms with Crippen molar-refractivity contribution in [3.63, 3.8) is 0 Å². The van der Waals surface area contributed by atoms with Crippen LogP contribution in [0.15, 0.2) is 0 Å². The SMILES string of the molecule is CC(C)(C)OC(=O)NC(CCCCNC(=O)CCC(=O)O)C(=O)OC(C)(C)C. The van der Waals surface area contributed by atoms with E-state index in [1.54, 1.807) is 41.5 Å². The lowest BCUT2D eigenvalue weighted by Crippen LogP contribution is -2.46. The molecule has 0 radical (unpaired) electrons. The molecule has 0 fully saturated rings. The molecule has 0 rings (SSSR count). The first-order valence-corrected chi connectivity index (χ1v) is 9.40. The molecule has 0 spiro atoms. The fourth-order valence-corrected chi connectivity index (χ4v) is 2.08. The average Bonchev–Trinajstić information content (AvgIpc) is 2.47. The summed E-state index contributed by atoms with van der Waals surface area (Å²) in [5, 5.41) is 13.7. The summed E-state index contributed by atoms with van der Waals surface area (Å²) >= 11 is 0. The van der Waals surface area contributed by atoms with E-state index in [2.05, 4.69) is 10.6 Å². The quantitative estimate of drug-likeness (QED) is 0.377. The standard InChI is InChI=1S/C19H34N2O7/c1-18(2,3)27-16(25)13(21-17(26)28-19(4,5)6)9-7-8-12-20-14(22)10-11-15(23)24/h13H,7-12H2,1-6H3,(H,20,22)(H,21,26)(H,23,24). The summed E-state index contributed by atoms with van der Waals surface area (Å²) in [6.07, 6.45) is 0.430. The van der Waals surface area contributed by atoms with Gasteiger partial charge in [-0.2, -0.15) is 0 Å². The van der Waals surface area contributed by atoms with Crippen LogP contribution in [-0.2, 0) is 23.9 Å². The molecule has 0 bridgehead atoms. The number of carboxylic acid groups (broad SMARTS) is 1. The Labute approximate surface area is 166 Å². The molecule has 2 amide bonds. The van der Waals surface area contributed by atoms with Gasteiger partial charge in [-0.25, -0.2) is 9.59 Å². The molecule has 0 aromatic carbocycles. The third-order valence-corrected chi connectivity index (χ3v) is 3.19. The third-order valence-electron chi connectivity index (χ3n) is 3.19. The number of hydrogen-bond acceptors (Lipinski definition) is 6.